The number of carbonyl (C=O) groups is 1. The summed E-state index contributed by atoms with van der Waals surface area (Å²) in [6.45, 7) is 9.96. The number of aromatic nitrogens is 1. The normalized spacial score (nSPS) is 13.4. The zero-order valence-corrected chi connectivity index (χ0v) is 12.4. The summed E-state index contributed by atoms with van der Waals surface area (Å²) in [6, 6.07) is 1.56. The van der Waals surface area contributed by atoms with Crippen LogP contribution in [-0.4, -0.2) is 22.9 Å². The number of ether oxygens (including phenoxy) is 1. The molecule has 1 aromatic heterocycles. The van der Waals surface area contributed by atoms with E-state index in [1.807, 2.05) is 34.6 Å². The molecule has 19 heavy (non-hydrogen) atoms. The number of hydrogen-bond donors (Lipinski definition) is 1. The Bertz CT molecular complexity index is 436. The lowest BCUT2D eigenvalue weighted by atomic mass is 9.84. The molecule has 0 aliphatic rings. The maximum atomic E-state index is 12.2. The summed E-state index contributed by atoms with van der Waals surface area (Å²) < 4.78 is 5.53. The fourth-order valence-corrected chi connectivity index (χ4v) is 1.53. The van der Waals surface area contributed by atoms with E-state index in [0.29, 0.717) is 17.7 Å². The first-order valence-corrected chi connectivity index (χ1v) is 6.60. The Hall–Kier alpha value is -1.42. The monoisotopic (exact) mass is 264 g/mol. The van der Waals surface area contributed by atoms with Crippen molar-refractivity contribution in [2.24, 2.45) is 11.1 Å². The molecule has 0 aromatic carbocycles. The molecule has 1 heterocycles. The number of pyridine rings is 1. The van der Waals surface area contributed by atoms with Gasteiger partial charge in [-0.25, -0.2) is 0 Å². The number of nitrogens with zero attached hydrogens (tertiary/aromatic N) is 1. The van der Waals surface area contributed by atoms with Crippen molar-refractivity contribution < 1.29 is 9.53 Å². The molecule has 0 aliphatic carbocycles. The first-order chi connectivity index (χ1) is 8.70. The molecule has 2 N–H and O–H groups in total. The molecular formula is C15H24N2O2. The van der Waals surface area contributed by atoms with Crippen molar-refractivity contribution in [1.29, 1.82) is 0 Å². The summed E-state index contributed by atoms with van der Waals surface area (Å²) in [5.74, 6) is 0.620. The summed E-state index contributed by atoms with van der Waals surface area (Å²) >= 11 is 0. The summed E-state index contributed by atoms with van der Waals surface area (Å²) in [7, 11) is 0. The van der Waals surface area contributed by atoms with Gasteiger partial charge in [-0.3, -0.25) is 9.78 Å². The second-order valence-electron chi connectivity index (χ2n) is 6.18. The third kappa shape index (κ3) is 4.99. The Labute approximate surface area is 115 Å². The molecule has 0 amide bonds. The van der Waals surface area contributed by atoms with Gasteiger partial charge in [-0.15, -0.1) is 0 Å². The number of carbonyl (C=O) groups excluding carboxylic acids is 1. The van der Waals surface area contributed by atoms with Crippen LogP contribution >= 0.6 is 0 Å². The Balaban J connectivity index is 2.77. The molecule has 106 valence electrons. The minimum Gasteiger partial charge on any atom is -0.489 e. The number of nitrogens with two attached hydrogens (primary N) is 1. The minimum atomic E-state index is -0.172. The fraction of sp³-hybridized carbons (Fsp3) is 0.600. The van der Waals surface area contributed by atoms with Crippen molar-refractivity contribution in [1.82, 2.24) is 4.98 Å². The minimum absolute atomic E-state index is 0.00383. The third-order valence-electron chi connectivity index (χ3n) is 2.92. The van der Waals surface area contributed by atoms with Gasteiger partial charge in [0.15, 0.2) is 5.78 Å². The summed E-state index contributed by atoms with van der Waals surface area (Å²) in [5.41, 5.74) is 6.50. The van der Waals surface area contributed by atoms with E-state index in [4.69, 9.17) is 10.5 Å². The first kappa shape index (κ1) is 15.6. The predicted molar refractivity (Wildman–Crippen MR) is 76.4 cm³/mol. The Morgan fingerprint density at radius 1 is 1.37 bits per heavy atom. The molecular weight excluding hydrogens is 240 g/mol. The van der Waals surface area contributed by atoms with Gasteiger partial charge in [-0.1, -0.05) is 20.8 Å². The smallest absolute Gasteiger partial charge is 0.166 e. The van der Waals surface area contributed by atoms with Crippen molar-refractivity contribution in [3.8, 4) is 5.75 Å². The van der Waals surface area contributed by atoms with E-state index < -0.39 is 0 Å². The number of ketones is 1. The van der Waals surface area contributed by atoms with Gasteiger partial charge in [-0.2, -0.15) is 0 Å². The van der Waals surface area contributed by atoms with Crippen LogP contribution in [0.1, 0.15) is 51.4 Å². The van der Waals surface area contributed by atoms with Crippen molar-refractivity contribution in [3.05, 3.63) is 24.0 Å². The molecule has 0 bridgehead atoms. The zero-order chi connectivity index (χ0) is 14.6. The highest BCUT2D eigenvalue weighted by Gasteiger charge is 2.24. The van der Waals surface area contributed by atoms with E-state index in [1.165, 1.54) is 0 Å². The SMILES string of the molecule is CC(C)Oc1cncc(C(=O)CC(N)C(C)(C)C)c1. The van der Waals surface area contributed by atoms with Crippen molar-refractivity contribution >= 4 is 5.78 Å². The Kier molecular flexibility index (Phi) is 5.06. The third-order valence-corrected chi connectivity index (χ3v) is 2.92. The first-order valence-electron chi connectivity index (χ1n) is 6.60. The molecule has 0 radical (unpaired) electrons. The highest BCUT2D eigenvalue weighted by Crippen LogP contribution is 2.22. The maximum absolute atomic E-state index is 12.2. The predicted octanol–water partition coefficient (Wildman–Crippen LogP) is 2.82. The lowest BCUT2D eigenvalue weighted by molar-refractivity contribution is 0.0952. The van der Waals surface area contributed by atoms with Crippen LogP contribution in [0.4, 0.5) is 0 Å². The van der Waals surface area contributed by atoms with Crippen LogP contribution in [0.5, 0.6) is 5.75 Å². The fourth-order valence-electron chi connectivity index (χ4n) is 1.53. The van der Waals surface area contributed by atoms with Crippen molar-refractivity contribution in [3.63, 3.8) is 0 Å². The van der Waals surface area contributed by atoms with E-state index in [1.54, 1.807) is 18.5 Å². The van der Waals surface area contributed by atoms with Gasteiger partial charge in [0, 0.05) is 24.2 Å². The lowest BCUT2D eigenvalue weighted by Crippen LogP contribution is -2.37. The molecule has 1 atom stereocenters. The Morgan fingerprint density at radius 3 is 2.53 bits per heavy atom. The summed E-state index contributed by atoms with van der Waals surface area (Å²) in [5, 5.41) is 0. The van der Waals surface area contributed by atoms with Crippen molar-refractivity contribution in [2.45, 2.75) is 53.2 Å². The van der Waals surface area contributed by atoms with Crippen LogP contribution in [0, 0.1) is 5.41 Å². The molecule has 0 saturated heterocycles. The second-order valence-corrected chi connectivity index (χ2v) is 6.18. The van der Waals surface area contributed by atoms with Crippen LogP contribution in [0.3, 0.4) is 0 Å². The quantitative estimate of drug-likeness (QED) is 0.830. The number of rotatable bonds is 5. The highest BCUT2D eigenvalue weighted by molar-refractivity contribution is 5.96. The van der Waals surface area contributed by atoms with Crippen molar-refractivity contribution in [2.75, 3.05) is 0 Å². The van der Waals surface area contributed by atoms with E-state index >= 15 is 0 Å². The topological polar surface area (TPSA) is 65.2 Å². The van der Waals surface area contributed by atoms with Gasteiger partial charge in [0.05, 0.1) is 12.3 Å². The molecule has 1 aromatic rings. The second kappa shape index (κ2) is 6.15. The molecule has 1 rings (SSSR count). The van der Waals surface area contributed by atoms with Gasteiger partial charge in [-0.05, 0) is 25.3 Å². The molecule has 4 heteroatoms. The Morgan fingerprint density at radius 2 is 2.00 bits per heavy atom. The van der Waals surface area contributed by atoms with Gasteiger partial charge in [0.1, 0.15) is 5.75 Å². The number of Topliss-reactive ketones (excluding diaryl/α,β-unsaturated/α-hetero) is 1. The van der Waals surface area contributed by atoms with Crippen LogP contribution < -0.4 is 10.5 Å². The van der Waals surface area contributed by atoms with E-state index in [-0.39, 0.29) is 23.3 Å². The average Bonchev–Trinajstić information content (AvgIpc) is 2.27. The van der Waals surface area contributed by atoms with Gasteiger partial charge < -0.3 is 10.5 Å². The summed E-state index contributed by atoms with van der Waals surface area (Å²) in [6.07, 6.45) is 3.55. The average molecular weight is 264 g/mol. The van der Waals surface area contributed by atoms with Gasteiger partial charge in [0.25, 0.3) is 0 Å². The van der Waals surface area contributed by atoms with Crippen LogP contribution in [-0.2, 0) is 0 Å². The summed E-state index contributed by atoms with van der Waals surface area (Å²) in [4.78, 5) is 16.2. The lowest BCUT2D eigenvalue weighted by Gasteiger charge is -2.26. The van der Waals surface area contributed by atoms with Gasteiger partial charge >= 0.3 is 0 Å². The van der Waals surface area contributed by atoms with Crippen LogP contribution in [0.2, 0.25) is 0 Å². The maximum Gasteiger partial charge on any atom is 0.166 e. The largest absolute Gasteiger partial charge is 0.489 e. The standard InChI is InChI=1S/C15H24N2O2/c1-10(2)19-12-6-11(8-17-9-12)13(18)7-14(16)15(3,4)5/h6,8-10,14H,7,16H2,1-5H3. The highest BCUT2D eigenvalue weighted by atomic mass is 16.5. The molecule has 0 fully saturated rings. The van der Waals surface area contributed by atoms with E-state index in [9.17, 15) is 4.79 Å². The molecule has 0 aliphatic heterocycles. The van der Waals surface area contributed by atoms with Gasteiger partial charge in [0.2, 0.25) is 0 Å². The molecule has 0 spiro atoms. The van der Waals surface area contributed by atoms with E-state index in [2.05, 4.69) is 4.98 Å². The van der Waals surface area contributed by atoms with E-state index in [0.717, 1.165) is 0 Å². The zero-order valence-electron chi connectivity index (χ0n) is 12.4. The molecule has 0 saturated carbocycles. The van der Waals surface area contributed by atoms with Crippen LogP contribution in [0.25, 0.3) is 0 Å². The van der Waals surface area contributed by atoms with Crippen LogP contribution in [0.15, 0.2) is 18.5 Å². The number of hydrogen-bond acceptors (Lipinski definition) is 4. The molecule has 1 unspecified atom stereocenters. The molecule has 4 nitrogen and oxygen atoms in total.